The Labute approximate surface area is 193 Å². The van der Waals surface area contributed by atoms with Crippen molar-refractivity contribution in [2.24, 2.45) is 5.41 Å². The Hall–Kier alpha value is -2.22. The van der Waals surface area contributed by atoms with Gasteiger partial charge in [0.25, 0.3) is 0 Å². The van der Waals surface area contributed by atoms with Gasteiger partial charge in [0.05, 0.1) is 24.1 Å². The minimum absolute atomic E-state index is 0.264. The van der Waals surface area contributed by atoms with Crippen molar-refractivity contribution in [2.75, 3.05) is 37.6 Å². The summed E-state index contributed by atoms with van der Waals surface area (Å²) in [5.74, 6) is 0.640. The first-order chi connectivity index (χ1) is 15.4. The second kappa shape index (κ2) is 8.61. The number of rotatable bonds is 4. The summed E-state index contributed by atoms with van der Waals surface area (Å²) in [7, 11) is 0. The standard InChI is InChI=1S/C24H29ClN4O3/c1-16-17(2-3-18-19(16)15-32-23(18)31)20(30)14-28-8-4-24(5-9-28)6-10-29(11-7-24)22-13-26-21(25)12-27-22/h2-3,12-13,20,30H,4-11,14-15H2,1H3. The first-order valence-electron chi connectivity index (χ1n) is 11.4. The number of piperidine rings is 2. The fourth-order valence-electron chi connectivity index (χ4n) is 5.46. The lowest BCUT2D eigenvalue weighted by molar-refractivity contribution is 0.0447. The van der Waals surface area contributed by atoms with Gasteiger partial charge in [-0.15, -0.1) is 0 Å². The lowest BCUT2D eigenvalue weighted by Gasteiger charge is -2.47. The van der Waals surface area contributed by atoms with Crippen LogP contribution in [0.4, 0.5) is 5.82 Å². The molecule has 0 amide bonds. The van der Waals surface area contributed by atoms with Gasteiger partial charge in [-0.1, -0.05) is 17.7 Å². The first-order valence-corrected chi connectivity index (χ1v) is 11.7. The van der Waals surface area contributed by atoms with E-state index in [1.807, 2.05) is 13.0 Å². The summed E-state index contributed by atoms with van der Waals surface area (Å²) in [5, 5.41) is 11.4. The summed E-state index contributed by atoms with van der Waals surface area (Å²) < 4.78 is 5.15. The van der Waals surface area contributed by atoms with Gasteiger partial charge in [-0.05, 0) is 68.3 Å². The molecule has 2 aromatic rings. The highest BCUT2D eigenvalue weighted by molar-refractivity contribution is 6.29. The molecule has 1 spiro atoms. The van der Waals surface area contributed by atoms with Crippen molar-refractivity contribution in [3.63, 3.8) is 0 Å². The number of hydrogen-bond donors (Lipinski definition) is 1. The van der Waals surface area contributed by atoms with Crippen molar-refractivity contribution in [1.82, 2.24) is 14.9 Å². The van der Waals surface area contributed by atoms with Crippen molar-refractivity contribution >= 4 is 23.4 Å². The molecule has 1 unspecified atom stereocenters. The molecule has 3 aliphatic rings. The minimum atomic E-state index is -0.560. The number of ether oxygens (including phenoxy) is 1. The van der Waals surface area contributed by atoms with E-state index in [-0.39, 0.29) is 5.97 Å². The normalized spacial score (nSPS) is 21.5. The van der Waals surface area contributed by atoms with Crippen LogP contribution >= 0.6 is 11.6 Å². The number of esters is 1. The Kier molecular flexibility index (Phi) is 5.82. The largest absolute Gasteiger partial charge is 0.457 e. The van der Waals surface area contributed by atoms with Gasteiger partial charge in [0, 0.05) is 25.2 Å². The third-order valence-electron chi connectivity index (χ3n) is 7.67. The van der Waals surface area contributed by atoms with Crippen LogP contribution in [-0.4, -0.2) is 58.7 Å². The van der Waals surface area contributed by atoms with Gasteiger partial charge >= 0.3 is 5.97 Å². The van der Waals surface area contributed by atoms with Crippen LogP contribution in [0, 0.1) is 12.3 Å². The summed E-state index contributed by atoms with van der Waals surface area (Å²) in [6, 6.07) is 3.67. The molecule has 0 aliphatic carbocycles. The van der Waals surface area contributed by atoms with Crippen LogP contribution in [0.15, 0.2) is 24.5 Å². The second-order valence-corrected chi connectivity index (χ2v) is 9.77. The number of benzene rings is 1. The lowest BCUT2D eigenvalue weighted by atomic mass is 9.71. The predicted octanol–water partition coefficient (Wildman–Crippen LogP) is 3.52. The van der Waals surface area contributed by atoms with Gasteiger partial charge in [0.15, 0.2) is 0 Å². The maximum atomic E-state index is 11.8. The molecule has 2 fully saturated rings. The molecular formula is C24H29ClN4O3. The average Bonchev–Trinajstić information content (AvgIpc) is 3.18. The molecule has 5 rings (SSSR count). The van der Waals surface area contributed by atoms with Crippen LogP contribution in [0.1, 0.15) is 58.8 Å². The number of aromatic nitrogens is 2. The SMILES string of the molecule is Cc1c(C(O)CN2CCC3(CC2)CCN(c2cnc(Cl)cn2)CC3)ccc2c1COC2=O. The highest BCUT2D eigenvalue weighted by Crippen LogP contribution is 2.42. The van der Waals surface area contributed by atoms with E-state index in [1.165, 1.54) is 0 Å². The number of hydrogen-bond acceptors (Lipinski definition) is 7. The molecule has 1 aromatic carbocycles. The average molecular weight is 457 g/mol. The van der Waals surface area contributed by atoms with E-state index in [1.54, 1.807) is 18.5 Å². The highest BCUT2D eigenvalue weighted by atomic mass is 35.5. The van der Waals surface area contributed by atoms with E-state index in [0.29, 0.717) is 29.3 Å². The molecule has 0 bridgehead atoms. The zero-order chi connectivity index (χ0) is 22.3. The quantitative estimate of drug-likeness (QED) is 0.705. The van der Waals surface area contributed by atoms with Crippen LogP contribution in [0.5, 0.6) is 0 Å². The fraction of sp³-hybridized carbons (Fsp3) is 0.542. The number of carbonyl (C=O) groups excluding carboxylic acids is 1. The Bertz CT molecular complexity index is 995. The van der Waals surface area contributed by atoms with E-state index < -0.39 is 6.10 Å². The number of nitrogens with zero attached hydrogens (tertiary/aromatic N) is 4. The van der Waals surface area contributed by atoms with Gasteiger partial charge in [-0.25, -0.2) is 14.8 Å². The third-order valence-corrected chi connectivity index (χ3v) is 7.86. The molecule has 1 N–H and O–H groups in total. The number of fused-ring (bicyclic) bond motifs is 1. The smallest absolute Gasteiger partial charge is 0.338 e. The predicted molar refractivity (Wildman–Crippen MR) is 122 cm³/mol. The zero-order valence-corrected chi connectivity index (χ0v) is 19.1. The number of carbonyl (C=O) groups is 1. The topological polar surface area (TPSA) is 78.8 Å². The van der Waals surface area contributed by atoms with Crippen LogP contribution < -0.4 is 4.90 Å². The Morgan fingerprint density at radius 3 is 2.53 bits per heavy atom. The number of aliphatic hydroxyl groups is 1. The molecule has 0 saturated carbocycles. The van der Waals surface area contributed by atoms with Gasteiger partial charge in [0.2, 0.25) is 0 Å². The van der Waals surface area contributed by atoms with E-state index in [4.69, 9.17) is 16.3 Å². The summed E-state index contributed by atoms with van der Waals surface area (Å²) in [4.78, 5) is 25.0. The first kappa shape index (κ1) is 21.6. The molecule has 8 heteroatoms. The molecule has 1 atom stereocenters. The molecular weight excluding hydrogens is 428 g/mol. The van der Waals surface area contributed by atoms with Crippen molar-refractivity contribution in [2.45, 2.75) is 45.3 Å². The summed E-state index contributed by atoms with van der Waals surface area (Å²) in [5.41, 5.74) is 3.82. The monoisotopic (exact) mass is 456 g/mol. The van der Waals surface area contributed by atoms with Crippen LogP contribution in [0.25, 0.3) is 0 Å². The molecule has 0 radical (unpaired) electrons. The summed E-state index contributed by atoms with van der Waals surface area (Å²) in [6.07, 6.45) is 7.44. The minimum Gasteiger partial charge on any atom is -0.457 e. The Morgan fingerprint density at radius 2 is 1.84 bits per heavy atom. The highest BCUT2D eigenvalue weighted by Gasteiger charge is 2.38. The number of aliphatic hydroxyl groups excluding tert-OH is 1. The van der Waals surface area contributed by atoms with E-state index in [0.717, 1.165) is 74.4 Å². The molecule has 4 heterocycles. The van der Waals surface area contributed by atoms with Gasteiger partial charge in [-0.2, -0.15) is 0 Å². The lowest BCUT2D eigenvalue weighted by Crippen LogP contribution is -2.47. The maximum absolute atomic E-state index is 11.8. The summed E-state index contributed by atoms with van der Waals surface area (Å²) in [6.45, 7) is 6.90. The van der Waals surface area contributed by atoms with Crippen molar-refractivity contribution in [3.05, 3.63) is 51.9 Å². The van der Waals surface area contributed by atoms with Crippen LogP contribution in [-0.2, 0) is 11.3 Å². The second-order valence-electron chi connectivity index (χ2n) is 9.38. The third kappa shape index (κ3) is 4.09. The van der Waals surface area contributed by atoms with Crippen LogP contribution in [0.2, 0.25) is 5.15 Å². The van der Waals surface area contributed by atoms with Gasteiger partial charge in [0.1, 0.15) is 17.6 Å². The molecule has 7 nitrogen and oxygen atoms in total. The van der Waals surface area contributed by atoms with Gasteiger partial charge < -0.3 is 19.6 Å². The number of likely N-dealkylation sites (tertiary alicyclic amines) is 1. The maximum Gasteiger partial charge on any atom is 0.338 e. The van der Waals surface area contributed by atoms with Crippen molar-refractivity contribution in [1.29, 1.82) is 0 Å². The van der Waals surface area contributed by atoms with Gasteiger partial charge in [-0.3, -0.25) is 0 Å². The van der Waals surface area contributed by atoms with Crippen molar-refractivity contribution in [3.8, 4) is 0 Å². The number of halogens is 1. The Morgan fingerprint density at radius 1 is 1.12 bits per heavy atom. The Balaban J connectivity index is 1.15. The van der Waals surface area contributed by atoms with E-state index >= 15 is 0 Å². The zero-order valence-electron chi connectivity index (χ0n) is 18.4. The number of β-amino-alcohol motifs (C(OH)–C–C–N with tert-alkyl or cyclic N) is 1. The number of anilines is 1. The van der Waals surface area contributed by atoms with Crippen LogP contribution in [0.3, 0.4) is 0 Å². The fourth-order valence-corrected chi connectivity index (χ4v) is 5.56. The summed E-state index contributed by atoms with van der Waals surface area (Å²) >= 11 is 5.86. The molecule has 3 aliphatic heterocycles. The molecule has 170 valence electrons. The molecule has 2 saturated heterocycles. The van der Waals surface area contributed by atoms with Crippen molar-refractivity contribution < 1.29 is 14.6 Å². The van der Waals surface area contributed by atoms with E-state index in [2.05, 4.69) is 19.8 Å². The molecule has 1 aromatic heterocycles. The number of cyclic esters (lactones) is 1. The van der Waals surface area contributed by atoms with E-state index in [9.17, 15) is 9.90 Å². The molecule has 32 heavy (non-hydrogen) atoms.